The Morgan fingerprint density at radius 2 is 1.89 bits per heavy atom. The maximum absolute atomic E-state index is 12.1. The molecule has 0 spiro atoms. The second-order valence-corrected chi connectivity index (χ2v) is 4.96. The van der Waals surface area contributed by atoms with E-state index in [4.69, 9.17) is 16.6 Å². The molecule has 2 amide bonds. The number of aliphatic carboxylic acids is 1. The number of nitrogens with one attached hydrogen (secondary N) is 1. The molecular formula is C12H21N3O4. The molecule has 2 unspecified atom stereocenters. The van der Waals surface area contributed by atoms with Gasteiger partial charge in [-0.2, -0.15) is 0 Å². The van der Waals surface area contributed by atoms with Crippen molar-refractivity contribution < 1.29 is 19.5 Å². The third-order valence-corrected chi connectivity index (χ3v) is 3.57. The quantitative estimate of drug-likeness (QED) is 0.501. The molecule has 1 aliphatic rings. The Bertz CT molecular complexity index is 359. The highest BCUT2D eigenvalue weighted by atomic mass is 16.4. The molecule has 0 radical (unpaired) electrons. The highest BCUT2D eigenvalue weighted by Gasteiger charge is 2.32. The average molecular weight is 271 g/mol. The number of hydrogen-bond acceptors (Lipinski definition) is 4. The van der Waals surface area contributed by atoms with Gasteiger partial charge in [0.05, 0.1) is 6.42 Å². The van der Waals surface area contributed by atoms with Crippen molar-refractivity contribution in [2.75, 3.05) is 6.54 Å². The Morgan fingerprint density at radius 1 is 1.26 bits per heavy atom. The number of primary amides is 1. The van der Waals surface area contributed by atoms with Crippen LogP contribution in [0.5, 0.6) is 0 Å². The molecule has 7 nitrogen and oxygen atoms in total. The predicted octanol–water partition coefficient (Wildman–Crippen LogP) is -0.804. The second-order valence-electron chi connectivity index (χ2n) is 4.96. The van der Waals surface area contributed by atoms with Gasteiger partial charge in [0, 0.05) is 5.92 Å². The Labute approximate surface area is 111 Å². The summed E-state index contributed by atoms with van der Waals surface area (Å²) in [6, 6.07) is -1.26. The summed E-state index contributed by atoms with van der Waals surface area (Å²) in [6.07, 6.45) is 3.15. The van der Waals surface area contributed by atoms with Crippen LogP contribution in [-0.2, 0) is 14.4 Å². The largest absolute Gasteiger partial charge is 0.480 e. The third-order valence-electron chi connectivity index (χ3n) is 3.57. The van der Waals surface area contributed by atoms with Crippen molar-refractivity contribution in [3.8, 4) is 0 Å². The van der Waals surface area contributed by atoms with Gasteiger partial charge in [0.1, 0.15) is 6.04 Å². The van der Waals surface area contributed by atoms with Gasteiger partial charge in [-0.15, -0.1) is 0 Å². The van der Waals surface area contributed by atoms with Gasteiger partial charge >= 0.3 is 5.97 Å². The molecule has 1 saturated carbocycles. The minimum absolute atomic E-state index is 0.0803. The Kier molecular flexibility index (Phi) is 5.75. The number of rotatable bonds is 6. The highest BCUT2D eigenvalue weighted by molar-refractivity contribution is 5.89. The molecule has 0 aliphatic heterocycles. The van der Waals surface area contributed by atoms with Gasteiger partial charge < -0.3 is 21.9 Å². The minimum Gasteiger partial charge on any atom is -0.480 e. The van der Waals surface area contributed by atoms with Crippen molar-refractivity contribution in [3.63, 3.8) is 0 Å². The molecule has 1 aliphatic carbocycles. The molecular weight excluding hydrogens is 250 g/mol. The Hall–Kier alpha value is -1.63. The number of nitrogens with two attached hydrogens (primary N) is 2. The van der Waals surface area contributed by atoms with Crippen LogP contribution in [0.25, 0.3) is 0 Å². The average Bonchev–Trinajstić information content (AvgIpc) is 2.37. The fraction of sp³-hybridized carbons (Fsp3) is 0.750. The SMILES string of the molecule is NCC1CCCCC1C(=O)N[C@@H](CC(N)=O)C(=O)O. The summed E-state index contributed by atoms with van der Waals surface area (Å²) in [6.45, 7) is 0.408. The highest BCUT2D eigenvalue weighted by Crippen LogP contribution is 2.29. The van der Waals surface area contributed by atoms with Gasteiger partial charge in [-0.05, 0) is 25.3 Å². The molecule has 0 aromatic rings. The van der Waals surface area contributed by atoms with Crippen LogP contribution < -0.4 is 16.8 Å². The zero-order valence-electron chi connectivity index (χ0n) is 10.8. The van der Waals surface area contributed by atoms with Gasteiger partial charge in [-0.25, -0.2) is 4.79 Å². The van der Waals surface area contributed by atoms with E-state index >= 15 is 0 Å². The van der Waals surface area contributed by atoms with Gasteiger partial charge in [-0.1, -0.05) is 12.8 Å². The van der Waals surface area contributed by atoms with Crippen molar-refractivity contribution in [1.29, 1.82) is 0 Å². The number of carboxylic acids is 1. The second kappa shape index (κ2) is 7.08. The maximum Gasteiger partial charge on any atom is 0.326 e. The maximum atomic E-state index is 12.1. The first-order valence-electron chi connectivity index (χ1n) is 6.47. The number of hydrogen-bond donors (Lipinski definition) is 4. The molecule has 0 bridgehead atoms. The topological polar surface area (TPSA) is 136 Å². The van der Waals surface area contributed by atoms with E-state index in [-0.39, 0.29) is 17.7 Å². The number of amides is 2. The first kappa shape index (κ1) is 15.4. The van der Waals surface area contributed by atoms with E-state index in [1.54, 1.807) is 0 Å². The van der Waals surface area contributed by atoms with Crippen LogP contribution in [0.3, 0.4) is 0 Å². The summed E-state index contributed by atoms with van der Waals surface area (Å²) < 4.78 is 0. The first-order chi connectivity index (χ1) is 8.95. The van der Waals surface area contributed by atoms with E-state index in [2.05, 4.69) is 5.32 Å². The molecule has 1 fully saturated rings. The van der Waals surface area contributed by atoms with Crippen LogP contribution in [0, 0.1) is 11.8 Å². The van der Waals surface area contributed by atoms with Crippen LogP contribution in [0.15, 0.2) is 0 Å². The summed E-state index contributed by atoms with van der Waals surface area (Å²) in [5.74, 6) is -2.55. The van der Waals surface area contributed by atoms with Crippen LogP contribution in [0.4, 0.5) is 0 Å². The van der Waals surface area contributed by atoms with Gasteiger partial charge in [0.2, 0.25) is 11.8 Å². The van der Waals surface area contributed by atoms with Crippen LogP contribution in [0.2, 0.25) is 0 Å². The monoisotopic (exact) mass is 271 g/mol. The molecule has 0 saturated heterocycles. The van der Waals surface area contributed by atoms with Gasteiger partial charge in [0.15, 0.2) is 0 Å². The molecule has 3 atom stereocenters. The van der Waals surface area contributed by atoms with E-state index in [1.165, 1.54) is 0 Å². The fourth-order valence-corrected chi connectivity index (χ4v) is 2.51. The van der Waals surface area contributed by atoms with E-state index in [1.807, 2.05) is 0 Å². The lowest BCUT2D eigenvalue weighted by atomic mass is 9.78. The number of carboxylic acid groups (broad SMARTS) is 1. The molecule has 108 valence electrons. The van der Waals surface area contributed by atoms with Crippen molar-refractivity contribution in [3.05, 3.63) is 0 Å². The minimum atomic E-state index is -1.26. The molecule has 19 heavy (non-hydrogen) atoms. The molecule has 7 heteroatoms. The standard InChI is InChI=1S/C12H21N3O4/c13-6-7-3-1-2-4-8(7)11(17)15-9(12(18)19)5-10(14)16/h7-9H,1-6,13H2,(H2,14,16)(H,15,17)(H,18,19)/t7?,8?,9-/m0/s1. The zero-order valence-corrected chi connectivity index (χ0v) is 10.8. The summed E-state index contributed by atoms with van der Waals surface area (Å²) in [4.78, 5) is 33.8. The van der Waals surface area contributed by atoms with E-state index in [9.17, 15) is 14.4 Å². The molecule has 0 heterocycles. The lowest BCUT2D eigenvalue weighted by Gasteiger charge is -2.30. The number of carbonyl (C=O) groups excluding carboxylic acids is 2. The van der Waals surface area contributed by atoms with Crippen molar-refractivity contribution in [2.24, 2.45) is 23.3 Å². The summed E-state index contributed by atoms with van der Waals surface area (Å²) >= 11 is 0. The predicted molar refractivity (Wildman–Crippen MR) is 67.9 cm³/mol. The van der Waals surface area contributed by atoms with E-state index < -0.39 is 24.3 Å². The Morgan fingerprint density at radius 3 is 2.42 bits per heavy atom. The molecule has 6 N–H and O–H groups in total. The van der Waals surface area contributed by atoms with E-state index in [0.29, 0.717) is 13.0 Å². The van der Waals surface area contributed by atoms with Crippen molar-refractivity contribution in [1.82, 2.24) is 5.32 Å². The lowest BCUT2D eigenvalue weighted by molar-refractivity contribution is -0.144. The Balaban J connectivity index is 2.64. The zero-order chi connectivity index (χ0) is 14.4. The van der Waals surface area contributed by atoms with Crippen LogP contribution in [0.1, 0.15) is 32.1 Å². The van der Waals surface area contributed by atoms with Crippen molar-refractivity contribution >= 4 is 17.8 Å². The smallest absolute Gasteiger partial charge is 0.326 e. The van der Waals surface area contributed by atoms with Crippen molar-refractivity contribution in [2.45, 2.75) is 38.1 Å². The fourth-order valence-electron chi connectivity index (χ4n) is 2.51. The number of carbonyl (C=O) groups is 3. The van der Waals surface area contributed by atoms with E-state index in [0.717, 1.165) is 19.3 Å². The summed E-state index contributed by atoms with van der Waals surface area (Å²) in [5.41, 5.74) is 10.6. The third kappa shape index (κ3) is 4.51. The first-order valence-corrected chi connectivity index (χ1v) is 6.47. The van der Waals surface area contributed by atoms with Gasteiger partial charge in [0.25, 0.3) is 0 Å². The van der Waals surface area contributed by atoms with Crippen LogP contribution >= 0.6 is 0 Å². The summed E-state index contributed by atoms with van der Waals surface area (Å²) in [7, 11) is 0. The molecule has 0 aromatic heterocycles. The van der Waals surface area contributed by atoms with Gasteiger partial charge in [-0.3, -0.25) is 9.59 Å². The lowest BCUT2D eigenvalue weighted by Crippen LogP contribution is -2.48. The van der Waals surface area contributed by atoms with Crippen LogP contribution in [-0.4, -0.2) is 35.5 Å². The normalized spacial score (nSPS) is 24.5. The molecule has 1 rings (SSSR count). The summed E-state index contributed by atoms with van der Waals surface area (Å²) in [5, 5.41) is 11.3. The molecule has 0 aromatic carbocycles.